The molecule has 0 aliphatic heterocycles. The van der Waals surface area contributed by atoms with E-state index in [1.54, 1.807) is 19.2 Å². The van der Waals surface area contributed by atoms with Gasteiger partial charge in [0.25, 0.3) is 0 Å². The Bertz CT molecular complexity index is 609. The number of esters is 1. The van der Waals surface area contributed by atoms with Crippen molar-refractivity contribution in [2.24, 2.45) is 7.05 Å². The number of carbonyl (C=O) groups excluding carboxylic acids is 1. The van der Waals surface area contributed by atoms with Crippen LogP contribution in [-0.2, 0) is 18.3 Å². The first-order valence-corrected chi connectivity index (χ1v) is 6.24. The van der Waals surface area contributed by atoms with Gasteiger partial charge in [0.15, 0.2) is 0 Å². The molecule has 0 aliphatic rings. The highest BCUT2D eigenvalue weighted by molar-refractivity contribution is 5.95. The molecule has 2 aromatic heterocycles. The van der Waals surface area contributed by atoms with E-state index < -0.39 is 5.97 Å². The molecule has 2 aromatic rings. The maximum atomic E-state index is 11.7. The maximum Gasteiger partial charge on any atom is 0.340 e. The van der Waals surface area contributed by atoms with Gasteiger partial charge in [-0.3, -0.25) is 0 Å². The summed E-state index contributed by atoms with van der Waals surface area (Å²) in [6.07, 6.45) is 5.02. The Morgan fingerprint density at radius 1 is 1.50 bits per heavy atom. The average Bonchev–Trinajstić information content (AvgIpc) is 2.83. The highest BCUT2D eigenvalue weighted by Gasteiger charge is 2.12. The fraction of sp³-hybridized carbons (Fsp3) is 0.308. The Labute approximate surface area is 116 Å². The normalized spacial score (nSPS) is 10.3. The van der Waals surface area contributed by atoms with Crippen molar-refractivity contribution in [2.45, 2.75) is 13.5 Å². The Kier molecular flexibility index (Phi) is 4.19. The molecule has 0 unspecified atom stereocenters. The number of aromatic nitrogens is 3. The average molecular weight is 275 g/mol. The van der Waals surface area contributed by atoms with Crippen LogP contribution in [0, 0.1) is 0 Å². The van der Waals surface area contributed by atoms with Crippen LogP contribution >= 0.6 is 0 Å². The predicted octanol–water partition coefficient (Wildman–Crippen LogP) is 1.19. The monoisotopic (exact) mass is 275 g/mol. The topological polar surface area (TPSA) is 95.1 Å². The third-order valence-corrected chi connectivity index (χ3v) is 2.78. The number of hydrogen-bond acceptors (Lipinski definition) is 6. The smallest absolute Gasteiger partial charge is 0.340 e. The molecule has 106 valence electrons. The van der Waals surface area contributed by atoms with Crippen molar-refractivity contribution in [2.75, 3.05) is 17.7 Å². The number of anilines is 2. The summed E-state index contributed by atoms with van der Waals surface area (Å²) in [5, 5.41) is 3.09. The molecule has 3 N–H and O–H groups in total. The van der Waals surface area contributed by atoms with Gasteiger partial charge in [0.1, 0.15) is 11.6 Å². The molecule has 0 fully saturated rings. The van der Waals surface area contributed by atoms with E-state index >= 15 is 0 Å². The van der Waals surface area contributed by atoms with E-state index in [9.17, 15) is 4.79 Å². The molecular weight excluding hydrogens is 258 g/mol. The predicted molar refractivity (Wildman–Crippen MR) is 75.1 cm³/mol. The number of pyridine rings is 1. The van der Waals surface area contributed by atoms with Gasteiger partial charge in [-0.1, -0.05) is 0 Å². The molecule has 0 bridgehead atoms. The second kappa shape index (κ2) is 6.05. The first-order valence-electron chi connectivity index (χ1n) is 6.24. The summed E-state index contributed by atoms with van der Waals surface area (Å²) >= 11 is 0. The first-order chi connectivity index (χ1) is 9.61. The van der Waals surface area contributed by atoms with E-state index in [-0.39, 0.29) is 0 Å². The van der Waals surface area contributed by atoms with E-state index in [0.29, 0.717) is 30.2 Å². The summed E-state index contributed by atoms with van der Waals surface area (Å²) in [6.45, 7) is 2.55. The zero-order chi connectivity index (χ0) is 14.5. The molecular formula is C13H17N5O2. The van der Waals surface area contributed by atoms with E-state index in [1.807, 2.05) is 17.8 Å². The van der Waals surface area contributed by atoms with E-state index in [1.165, 1.54) is 6.20 Å². The number of nitrogens with one attached hydrogen (secondary N) is 1. The van der Waals surface area contributed by atoms with Gasteiger partial charge in [-0.25, -0.2) is 14.8 Å². The second-order valence-corrected chi connectivity index (χ2v) is 4.19. The van der Waals surface area contributed by atoms with Gasteiger partial charge in [-0.2, -0.15) is 0 Å². The summed E-state index contributed by atoms with van der Waals surface area (Å²) in [7, 11) is 1.91. The Hall–Kier alpha value is -2.57. The van der Waals surface area contributed by atoms with Crippen LogP contribution in [0.3, 0.4) is 0 Å². The number of ether oxygens (including phenoxy) is 1. The van der Waals surface area contributed by atoms with Gasteiger partial charge in [-0.15, -0.1) is 0 Å². The van der Waals surface area contributed by atoms with Crippen LogP contribution in [0.5, 0.6) is 0 Å². The fourth-order valence-corrected chi connectivity index (χ4v) is 1.68. The number of hydrogen-bond donors (Lipinski definition) is 2. The molecule has 7 nitrogen and oxygen atoms in total. The molecule has 20 heavy (non-hydrogen) atoms. The highest BCUT2D eigenvalue weighted by Crippen LogP contribution is 2.16. The Balaban J connectivity index is 2.11. The van der Waals surface area contributed by atoms with Crippen molar-refractivity contribution in [3.05, 3.63) is 36.0 Å². The maximum absolute atomic E-state index is 11.7. The number of nitrogens with zero attached hydrogens (tertiary/aromatic N) is 3. The van der Waals surface area contributed by atoms with E-state index in [4.69, 9.17) is 10.5 Å². The lowest BCUT2D eigenvalue weighted by Crippen LogP contribution is -2.11. The first kappa shape index (κ1) is 13.9. The van der Waals surface area contributed by atoms with Crippen molar-refractivity contribution < 1.29 is 9.53 Å². The molecule has 7 heteroatoms. The van der Waals surface area contributed by atoms with Crippen molar-refractivity contribution in [3.8, 4) is 0 Å². The second-order valence-electron chi connectivity index (χ2n) is 4.19. The van der Waals surface area contributed by atoms with Crippen LogP contribution in [0.1, 0.15) is 23.1 Å². The SMILES string of the molecule is CCOC(=O)c1cc(NCc2nccn2C)ncc1N. The minimum Gasteiger partial charge on any atom is -0.462 e. The standard InChI is InChI=1S/C13H17N5O2/c1-3-20-13(19)9-6-11(16-7-10(9)14)17-8-12-15-4-5-18(12)2/h4-7H,3,8,14H2,1-2H3,(H,16,17). The Morgan fingerprint density at radius 3 is 2.95 bits per heavy atom. The van der Waals surface area contributed by atoms with E-state index in [0.717, 1.165) is 5.82 Å². The minimum atomic E-state index is -0.451. The summed E-state index contributed by atoms with van der Waals surface area (Å²) in [5.41, 5.74) is 6.33. The molecule has 0 aromatic carbocycles. The molecule has 0 saturated heterocycles. The van der Waals surface area contributed by atoms with E-state index in [2.05, 4.69) is 15.3 Å². The summed E-state index contributed by atoms with van der Waals surface area (Å²) in [6, 6.07) is 1.58. The highest BCUT2D eigenvalue weighted by atomic mass is 16.5. The number of nitrogen functional groups attached to an aromatic ring is 1. The molecule has 0 amide bonds. The van der Waals surface area contributed by atoms with Gasteiger partial charge in [0.2, 0.25) is 0 Å². The fourth-order valence-electron chi connectivity index (χ4n) is 1.68. The minimum absolute atomic E-state index is 0.297. The molecule has 0 saturated carbocycles. The van der Waals surface area contributed by atoms with Gasteiger partial charge in [-0.05, 0) is 13.0 Å². The molecule has 2 rings (SSSR count). The lowest BCUT2D eigenvalue weighted by Gasteiger charge is -2.09. The van der Waals surface area contributed by atoms with Gasteiger partial charge >= 0.3 is 5.97 Å². The summed E-state index contributed by atoms with van der Waals surface area (Å²) in [4.78, 5) is 20.1. The molecule has 0 radical (unpaired) electrons. The van der Waals surface area contributed by atoms with Crippen molar-refractivity contribution >= 4 is 17.5 Å². The molecule has 2 heterocycles. The van der Waals surface area contributed by atoms with Gasteiger partial charge < -0.3 is 20.4 Å². The number of imidazole rings is 1. The van der Waals surface area contributed by atoms with Crippen LogP contribution in [-0.4, -0.2) is 27.1 Å². The number of nitrogens with two attached hydrogens (primary N) is 1. The van der Waals surface area contributed by atoms with Crippen molar-refractivity contribution in [1.82, 2.24) is 14.5 Å². The van der Waals surface area contributed by atoms with Crippen LogP contribution in [0.2, 0.25) is 0 Å². The zero-order valence-corrected chi connectivity index (χ0v) is 11.5. The van der Waals surface area contributed by atoms with Crippen LogP contribution in [0.25, 0.3) is 0 Å². The van der Waals surface area contributed by atoms with Crippen LogP contribution in [0.15, 0.2) is 24.7 Å². The molecule has 0 aliphatic carbocycles. The third-order valence-electron chi connectivity index (χ3n) is 2.78. The van der Waals surface area contributed by atoms with Gasteiger partial charge in [0, 0.05) is 19.4 Å². The van der Waals surface area contributed by atoms with Gasteiger partial charge in [0.05, 0.1) is 30.6 Å². The zero-order valence-electron chi connectivity index (χ0n) is 11.5. The lowest BCUT2D eigenvalue weighted by atomic mass is 10.2. The largest absolute Gasteiger partial charge is 0.462 e. The number of aryl methyl sites for hydroxylation is 1. The Morgan fingerprint density at radius 2 is 2.30 bits per heavy atom. The molecule has 0 atom stereocenters. The summed E-state index contributed by atoms with van der Waals surface area (Å²) in [5.74, 6) is 0.957. The van der Waals surface area contributed by atoms with Crippen LogP contribution in [0.4, 0.5) is 11.5 Å². The third kappa shape index (κ3) is 3.05. The van der Waals surface area contributed by atoms with Crippen molar-refractivity contribution in [1.29, 1.82) is 0 Å². The van der Waals surface area contributed by atoms with Crippen LogP contribution < -0.4 is 11.1 Å². The quantitative estimate of drug-likeness (QED) is 0.796. The molecule has 0 spiro atoms. The lowest BCUT2D eigenvalue weighted by molar-refractivity contribution is 0.0527. The number of carbonyl (C=O) groups is 1. The number of rotatable bonds is 5. The van der Waals surface area contributed by atoms with Crippen molar-refractivity contribution in [3.63, 3.8) is 0 Å². The summed E-state index contributed by atoms with van der Waals surface area (Å²) < 4.78 is 6.84.